The van der Waals surface area contributed by atoms with Gasteiger partial charge in [0.1, 0.15) is 15.6 Å². The molecule has 1 amide bonds. The molecule has 0 unspecified atom stereocenters. The van der Waals surface area contributed by atoms with Gasteiger partial charge in [-0.3, -0.25) is 9.48 Å². The molecule has 3 aromatic rings. The van der Waals surface area contributed by atoms with Crippen molar-refractivity contribution in [1.82, 2.24) is 20.2 Å². The number of aromatic nitrogens is 3. The topological polar surface area (TPSA) is 92.4 Å². The van der Waals surface area contributed by atoms with Gasteiger partial charge in [-0.05, 0) is 62.6 Å². The summed E-state index contributed by atoms with van der Waals surface area (Å²) in [7, 11) is 1.85. The fraction of sp³-hybridized carbons (Fsp3) is 0.263. The number of hydrogen-bond donors (Lipinski definition) is 2. The predicted octanol–water partition coefficient (Wildman–Crippen LogP) is 3.25. The third kappa shape index (κ3) is 3.90. The summed E-state index contributed by atoms with van der Waals surface area (Å²) in [4.78, 5) is 17.5. The standard InChI is InChI=1S/C19H21N5O2S/c1-10-6-14(7-11(2)16(10)25)9-20-22-18(26)17-13(4)21-19(27-17)15-8-12(3)23-24(15)5/h6-9,25H,1-5H3,(H,22,26)/b20-9+. The molecule has 0 aliphatic rings. The maximum absolute atomic E-state index is 12.5. The second-order valence-electron chi connectivity index (χ2n) is 6.43. The van der Waals surface area contributed by atoms with E-state index in [1.54, 1.807) is 30.0 Å². The van der Waals surface area contributed by atoms with Crippen molar-refractivity contribution in [2.75, 3.05) is 0 Å². The van der Waals surface area contributed by atoms with Crippen LogP contribution in [0, 0.1) is 27.7 Å². The first-order chi connectivity index (χ1) is 12.8. The molecule has 0 saturated heterocycles. The van der Waals surface area contributed by atoms with Crippen LogP contribution in [0.3, 0.4) is 0 Å². The van der Waals surface area contributed by atoms with Crippen molar-refractivity contribution in [1.29, 1.82) is 0 Å². The van der Waals surface area contributed by atoms with E-state index in [1.165, 1.54) is 11.3 Å². The number of aryl methyl sites for hydroxylation is 5. The third-order valence-corrected chi connectivity index (χ3v) is 5.30. The van der Waals surface area contributed by atoms with Crippen LogP contribution in [0.4, 0.5) is 0 Å². The zero-order valence-corrected chi connectivity index (χ0v) is 16.7. The number of nitrogens with zero attached hydrogens (tertiary/aromatic N) is 4. The van der Waals surface area contributed by atoms with Gasteiger partial charge in [0.05, 0.1) is 23.3 Å². The summed E-state index contributed by atoms with van der Waals surface area (Å²) in [5.41, 5.74) is 7.29. The van der Waals surface area contributed by atoms with Gasteiger partial charge >= 0.3 is 0 Å². The Labute approximate surface area is 161 Å². The Morgan fingerprint density at radius 1 is 1.22 bits per heavy atom. The van der Waals surface area contributed by atoms with E-state index in [0.29, 0.717) is 10.6 Å². The van der Waals surface area contributed by atoms with Crippen LogP contribution in [0.5, 0.6) is 5.75 Å². The molecule has 0 radical (unpaired) electrons. The van der Waals surface area contributed by atoms with Crippen LogP contribution in [-0.2, 0) is 7.05 Å². The van der Waals surface area contributed by atoms with Crippen LogP contribution < -0.4 is 5.43 Å². The lowest BCUT2D eigenvalue weighted by Crippen LogP contribution is -2.17. The van der Waals surface area contributed by atoms with Crippen molar-refractivity contribution in [3.8, 4) is 16.5 Å². The van der Waals surface area contributed by atoms with Crippen molar-refractivity contribution in [2.24, 2.45) is 12.1 Å². The molecule has 0 bridgehead atoms. The number of thiazole rings is 1. The highest BCUT2D eigenvalue weighted by Crippen LogP contribution is 2.28. The first kappa shape index (κ1) is 18.8. The van der Waals surface area contributed by atoms with Gasteiger partial charge in [0.25, 0.3) is 5.91 Å². The van der Waals surface area contributed by atoms with Gasteiger partial charge in [-0.15, -0.1) is 11.3 Å². The van der Waals surface area contributed by atoms with Gasteiger partial charge in [-0.25, -0.2) is 10.4 Å². The number of phenols is 1. The van der Waals surface area contributed by atoms with Gasteiger partial charge in [0, 0.05) is 7.05 Å². The summed E-state index contributed by atoms with van der Waals surface area (Å²) in [6, 6.07) is 5.55. The number of phenolic OH excluding ortho intramolecular Hbond substituents is 1. The maximum Gasteiger partial charge on any atom is 0.283 e. The molecule has 0 fully saturated rings. The minimum atomic E-state index is -0.307. The molecule has 0 aliphatic carbocycles. The quantitative estimate of drug-likeness (QED) is 0.534. The highest BCUT2D eigenvalue weighted by molar-refractivity contribution is 7.17. The Morgan fingerprint density at radius 2 is 1.89 bits per heavy atom. The van der Waals surface area contributed by atoms with Gasteiger partial charge in [-0.1, -0.05) is 0 Å². The van der Waals surface area contributed by atoms with Crippen LogP contribution in [0.15, 0.2) is 23.3 Å². The highest BCUT2D eigenvalue weighted by atomic mass is 32.1. The number of aromatic hydroxyl groups is 1. The Morgan fingerprint density at radius 3 is 2.48 bits per heavy atom. The van der Waals surface area contributed by atoms with Crippen LogP contribution in [0.2, 0.25) is 0 Å². The van der Waals surface area contributed by atoms with Crippen molar-refractivity contribution in [3.05, 3.63) is 51.2 Å². The van der Waals surface area contributed by atoms with E-state index in [1.807, 2.05) is 33.9 Å². The van der Waals surface area contributed by atoms with Crippen LogP contribution in [-0.4, -0.2) is 32.0 Å². The molecular formula is C19H21N5O2S. The Bertz CT molecular complexity index is 1030. The Balaban J connectivity index is 1.76. The lowest BCUT2D eigenvalue weighted by molar-refractivity contribution is 0.0958. The predicted molar refractivity (Wildman–Crippen MR) is 106 cm³/mol. The molecule has 2 N–H and O–H groups in total. The van der Waals surface area contributed by atoms with E-state index >= 15 is 0 Å². The molecule has 8 heteroatoms. The van der Waals surface area contributed by atoms with E-state index in [4.69, 9.17) is 0 Å². The van der Waals surface area contributed by atoms with E-state index in [-0.39, 0.29) is 11.7 Å². The van der Waals surface area contributed by atoms with Crippen molar-refractivity contribution < 1.29 is 9.90 Å². The zero-order valence-electron chi connectivity index (χ0n) is 15.9. The van der Waals surface area contributed by atoms with E-state index < -0.39 is 0 Å². The summed E-state index contributed by atoms with van der Waals surface area (Å²) >= 11 is 1.31. The molecule has 0 saturated carbocycles. The average molecular weight is 383 g/mol. The molecule has 1 aromatic carbocycles. The monoisotopic (exact) mass is 383 g/mol. The molecule has 2 heterocycles. The summed E-state index contributed by atoms with van der Waals surface area (Å²) < 4.78 is 1.75. The molecule has 0 atom stereocenters. The molecule has 3 rings (SSSR count). The molecule has 7 nitrogen and oxygen atoms in total. The van der Waals surface area contributed by atoms with Gasteiger partial charge < -0.3 is 5.11 Å². The zero-order chi connectivity index (χ0) is 19.7. The first-order valence-electron chi connectivity index (χ1n) is 8.38. The average Bonchev–Trinajstić information content (AvgIpc) is 3.14. The smallest absolute Gasteiger partial charge is 0.283 e. The molecule has 2 aromatic heterocycles. The van der Waals surface area contributed by atoms with Crippen LogP contribution >= 0.6 is 11.3 Å². The fourth-order valence-electron chi connectivity index (χ4n) is 2.81. The molecular weight excluding hydrogens is 362 g/mol. The number of hydrogen-bond acceptors (Lipinski definition) is 6. The van der Waals surface area contributed by atoms with Crippen LogP contribution in [0.1, 0.15) is 37.7 Å². The molecule has 0 spiro atoms. The number of carbonyl (C=O) groups is 1. The lowest BCUT2D eigenvalue weighted by atomic mass is 10.1. The van der Waals surface area contributed by atoms with Gasteiger partial charge in [-0.2, -0.15) is 10.2 Å². The molecule has 27 heavy (non-hydrogen) atoms. The fourth-order valence-corrected chi connectivity index (χ4v) is 3.81. The van der Waals surface area contributed by atoms with Crippen LogP contribution in [0.25, 0.3) is 10.7 Å². The van der Waals surface area contributed by atoms with Gasteiger partial charge in [0.15, 0.2) is 0 Å². The number of nitrogens with one attached hydrogen (secondary N) is 1. The van der Waals surface area contributed by atoms with Gasteiger partial charge in [0.2, 0.25) is 0 Å². The van der Waals surface area contributed by atoms with E-state index in [9.17, 15) is 9.90 Å². The first-order valence-corrected chi connectivity index (χ1v) is 9.20. The summed E-state index contributed by atoms with van der Waals surface area (Å²) in [6.07, 6.45) is 1.55. The molecule has 0 aliphatic heterocycles. The summed E-state index contributed by atoms with van der Waals surface area (Å²) in [5, 5.41) is 18.9. The number of rotatable bonds is 4. The number of hydrazone groups is 1. The van der Waals surface area contributed by atoms with Crippen molar-refractivity contribution >= 4 is 23.5 Å². The molecule has 140 valence electrons. The highest BCUT2D eigenvalue weighted by Gasteiger charge is 2.18. The van der Waals surface area contributed by atoms with E-state index in [2.05, 4.69) is 20.6 Å². The number of carbonyl (C=O) groups excluding carboxylic acids is 1. The van der Waals surface area contributed by atoms with Crippen molar-refractivity contribution in [2.45, 2.75) is 27.7 Å². The van der Waals surface area contributed by atoms with Crippen molar-refractivity contribution in [3.63, 3.8) is 0 Å². The maximum atomic E-state index is 12.5. The number of amides is 1. The Hall–Kier alpha value is -3.00. The lowest BCUT2D eigenvalue weighted by Gasteiger charge is -2.04. The summed E-state index contributed by atoms with van der Waals surface area (Å²) in [5.74, 6) is -0.0342. The minimum Gasteiger partial charge on any atom is -0.507 e. The second kappa shape index (κ2) is 7.32. The third-order valence-electron chi connectivity index (χ3n) is 4.12. The van der Waals surface area contributed by atoms with E-state index in [0.717, 1.165) is 33.1 Å². The normalized spacial score (nSPS) is 11.3. The second-order valence-corrected chi connectivity index (χ2v) is 7.43. The minimum absolute atomic E-state index is 0.273. The SMILES string of the molecule is Cc1cc(-c2nc(C)c(C(=O)N/N=C/c3cc(C)c(O)c(C)c3)s2)n(C)n1. The largest absolute Gasteiger partial charge is 0.507 e. The Kier molecular flexibility index (Phi) is 5.09. The number of benzene rings is 1. The summed E-state index contributed by atoms with van der Waals surface area (Å²) in [6.45, 7) is 7.36.